The van der Waals surface area contributed by atoms with Crippen LogP contribution in [0.4, 0.5) is 0 Å². The van der Waals surface area contributed by atoms with E-state index in [4.69, 9.17) is 0 Å². The molecule has 5 heteroatoms. The molecule has 0 spiro atoms. The van der Waals surface area contributed by atoms with Crippen molar-refractivity contribution in [2.24, 2.45) is 7.05 Å². The van der Waals surface area contributed by atoms with Crippen LogP contribution in [0.1, 0.15) is 0 Å². The Morgan fingerprint density at radius 1 is 0.763 bits per heavy atom. The summed E-state index contributed by atoms with van der Waals surface area (Å²) in [4.78, 5) is 4.22. The first-order chi connectivity index (χ1) is 18.3. The van der Waals surface area contributed by atoms with Crippen molar-refractivity contribution in [3.05, 3.63) is 134 Å². The van der Waals surface area contributed by atoms with Crippen LogP contribution >= 0.6 is 0 Å². The number of benzene rings is 4. The number of rotatable bonds is 2. The van der Waals surface area contributed by atoms with Gasteiger partial charge in [0.2, 0.25) is 6.33 Å². The largest absolute Gasteiger partial charge is 3.00 e. The van der Waals surface area contributed by atoms with Gasteiger partial charge in [-0.25, -0.2) is 0 Å². The minimum atomic E-state index is 0. The van der Waals surface area contributed by atoms with Crippen LogP contribution in [0, 0.1) is 18.5 Å². The first kappa shape index (κ1) is 24.1. The van der Waals surface area contributed by atoms with Gasteiger partial charge in [-0.1, -0.05) is 53.9 Å². The molecule has 0 fully saturated rings. The van der Waals surface area contributed by atoms with Gasteiger partial charge >= 0.3 is 20.1 Å². The molecular weight excluding hydrogens is 645 g/mol. The third kappa shape index (κ3) is 3.97. The van der Waals surface area contributed by atoms with Gasteiger partial charge in [0.15, 0.2) is 0 Å². The molecule has 4 aromatic carbocycles. The van der Waals surface area contributed by atoms with Gasteiger partial charge in [-0.05, 0) is 34.4 Å². The average molecular weight is 667 g/mol. The zero-order valence-corrected chi connectivity index (χ0v) is 23.0. The zero-order chi connectivity index (χ0) is 24.8. The number of imidazole rings is 1. The smallest absolute Gasteiger partial charge is 0.358 e. The maximum Gasteiger partial charge on any atom is 3.00 e. The van der Waals surface area contributed by atoms with E-state index in [1.54, 1.807) is 6.20 Å². The topological polar surface area (TPSA) is 26.1 Å². The quantitative estimate of drug-likeness (QED) is 0.151. The van der Waals surface area contributed by atoms with E-state index in [9.17, 15) is 0 Å². The summed E-state index contributed by atoms with van der Waals surface area (Å²) < 4.78 is 6.26. The van der Waals surface area contributed by atoms with Gasteiger partial charge in [0.05, 0.1) is 7.05 Å². The molecule has 4 nitrogen and oxygen atoms in total. The first-order valence-electron chi connectivity index (χ1n) is 12.2. The fraction of sp³-hybridized carbons (Fsp3) is 0.0303. The fourth-order valence-electron chi connectivity index (χ4n) is 5.09. The normalized spacial score (nSPS) is 11.1. The van der Waals surface area contributed by atoms with E-state index in [0.717, 1.165) is 22.3 Å². The van der Waals surface area contributed by atoms with Crippen molar-refractivity contribution in [2.75, 3.05) is 0 Å². The van der Waals surface area contributed by atoms with Gasteiger partial charge in [-0.2, -0.15) is 0 Å². The van der Waals surface area contributed by atoms with Crippen LogP contribution < -0.4 is 4.57 Å². The number of hydrogen-bond donors (Lipinski definition) is 0. The molecule has 8 aromatic rings. The zero-order valence-electron chi connectivity index (χ0n) is 20.6. The SMILES string of the molecule is C[n+]1[c-]n(-c2[c-]c3c4cccc5c6ccccc6n(c3cc2)c45)cc1.[Ir+3].[c-]1ccccc1-c1ccccn1. The van der Waals surface area contributed by atoms with Crippen LogP contribution in [-0.2, 0) is 27.2 Å². The van der Waals surface area contributed by atoms with Gasteiger partial charge in [0.25, 0.3) is 0 Å². The summed E-state index contributed by atoms with van der Waals surface area (Å²) in [5, 5.41) is 5.02. The van der Waals surface area contributed by atoms with E-state index in [-0.39, 0.29) is 20.1 Å². The molecule has 0 aliphatic rings. The van der Waals surface area contributed by atoms with E-state index >= 15 is 0 Å². The predicted molar refractivity (Wildman–Crippen MR) is 148 cm³/mol. The molecule has 8 rings (SSSR count). The van der Waals surface area contributed by atoms with Crippen molar-refractivity contribution >= 4 is 38.1 Å². The Balaban J connectivity index is 0.000000172. The fourth-order valence-corrected chi connectivity index (χ4v) is 5.09. The second kappa shape index (κ2) is 9.86. The molecule has 182 valence electrons. The standard InChI is InChI=1S/C22H14N3.C11H8N.Ir/c1-23-11-12-24(14-23)15-9-10-21-19(13-15)18-7-4-6-17-16-5-2-3-8-20(16)25(21)22(17)18;1-2-6-10(7-3-1)11-8-4-5-9-12-11;/h2-12H,1H3;1-6,8-9H;/q2*-1;+3. The van der Waals surface area contributed by atoms with E-state index < -0.39 is 0 Å². The maximum atomic E-state index is 4.22. The minimum absolute atomic E-state index is 0. The molecule has 0 aliphatic heterocycles. The molecule has 0 unspecified atom stereocenters. The summed E-state index contributed by atoms with van der Waals surface area (Å²) >= 11 is 0. The Labute approximate surface area is 234 Å². The Morgan fingerprint density at radius 3 is 2.37 bits per heavy atom. The van der Waals surface area contributed by atoms with Gasteiger partial charge in [-0.3, -0.25) is 0 Å². The third-order valence-corrected chi connectivity index (χ3v) is 6.73. The molecule has 0 radical (unpaired) electrons. The molecule has 0 saturated heterocycles. The van der Waals surface area contributed by atoms with Gasteiger partial charge < -0.3 is 18.5 Å². The third-order valence-electron chi connectivity index (χ3n) is 6.73. The summed E-state index contributed by atoms with van der Waals surface area (Å²) in [6.45, 7) is 0. The molecule has 4 aromatic heterocycles. The summed E-state index contributed by atoms with van der Waals surface area (Å²) in [6, 6.07) is 39.9. The summed E-state index contributed by atoms with van der Waals surface area (Å²) in [5.74, 6) is 0. The van der Waals surface area contributed by atoms with Crippen molar-refractivity contribution in [1.82, 2.24) is 14.0 Å². The van der Waals surface area contributed by atoms with E-state index in [0.29, 0.717) is 0 Å². The Morgan fingerprint density at radius 2 is 1.58 bits per heavy atom. The van der Waals surface area contributed by atoms with E-state index in [1.165, 1.54) is 32.7 Å². The molecule has 0 N–H and O–H groups in total. The molecule has 0 atom stereocenters. The molecule has 0 bridgehead atoms. The summed E-state index contributed by atoms with van der Waals surface area (Å²) in [7, 11) is 1.97. The second-order valence-corrected chi connectivity index (χ2v) is 9.03. The van der Waals surface area contributed by atoms with Gasteiger partial charge in [0.1, 0.15) is 0 Å². The number of para-hydroxylation sites is 2. The average Bonchev–Trinajstić information content (AvgIpc) is 3.65. The van der Waals surface area contributed by atoms with Crippen molar-refractivity contribution in [3.8, 4) is 16.9 Å². The number of aryl methyl sites for hydroxylation is 1. The van der Waals surface area contributed by atoms with Crippen LogP contribution in [0.15, 0.2) is 116 Å². The monoisotopic (exact) mass is 667 g/mol. The Hall–Kier alpha value is -4.31. The number of hydrogen-bond acceptors (Lipinski definition) is 1. The Bertz CT molecular complexity index is 1950. The Kier molecular flexibility index (Phi) is 6.24. The van der Waals surface area contributed by atoms with Crippen molar-refractivity contribution in [2.45, 2.75) is 0 Å². The maximum absolute atomic E-state index is 4.22. The molecule has 0 saturated carbocycles. The van der Waals surface area contributed by atoms with Crippen molar-refractivity contribution < 1.29 is 24.7 Å². The van der Waals surface area contributed by atoms with Gasteiger partial charge in [-0.15, -0.1) is 59.5 Å². The number of nitrogens with zero attached hydrogens (tertiary/aromatic N) is 4. The van der Waals surface area contributed by atoms with Crippen LogP contribution in [0.2, 0.25) is 0 Å². The van der Waals surface area contributed by atoms with Crippen molar-refractivity contribution in [3.63, 3.8) is 0 Å². The molecule has 4 heterocycles. The number of aromatic nitrogens is 4. The van der Waals surface area contributed by atoms with Gasteiger partial charge in [0, 0.05) is 35.0 Å². The minimum Gasteiger partial charge on any atom is -0.358 e. The van der Waals surface area contributed by atoms with Crippen LogP contribution in [0.5, 0.6) is 0 Å². The van der Waals surface area contributed by atoms with Crippen LogP contribution in [-0.4, -0.2) is 14.0 Å². The number of pyridine rings is 1. The molecule has 38 heavy (non-hydrogen) atoms. The molecule has 0 amide bonds. The van der Waals surface area contributed by atoms with E-state index in [1.807, 2.05) is 71.0 Å². The second-order valence-electron chi connectivity index (χ2n) is 9.03. The predicted octanol–water partition coefficient (Wildman–Crippen LogP) is 6.60. The van der Waals surface area contributed by atoms with Crippen LogP contribution in [0.25, 0.3) is 55.0 Å². The summed E-state index contributed by atoms with van der Waals surface area (Å²) in [5.41, 5.74) is 6.76. The van der Waals surface area contributed by atoms with E-state index in [2.05, 4.69) is 82.4 Å². The summed E-state index contributed by atoms with van der Waals surface area (Å²) in [6.07, 6.45) is 9.02. The molecular formula is C33H22IrN4+. The molecule has 0 aliphatic carbocycles. The first-order valence-corrected chi connectivity index (χ1v) is 12.2. The van der Waals surface area contributed by atoms with Crippen molar-refractivity contribution in [1.29, 1.82) is 0 Å². The van der Waals surface area contributed by atoms with Crippen LogP contribution in [0.3, 0.4) is 0 Å². The number of fused-ring (bicyclic) bond motifs is 6.